The van der Waals surface area contributed by atoms with Gasteiger partial charge in [-0.2, -0.15) is 0 Å². The van der Waals surface area contributed by atoms with Gasteiger partial charge in [0.2, 0.25) is 0 Å². The highest BCUT2D eigenvalue weighted by molar-refractivity contribution is 4.86. The second-order valence-corrected chi connectivity index (χ2v) is 3.30. The molecule has 5 nitrogen and oxygen atoms in total. The summed E-state index contributed by atoms with van der Waals surface area (Å²) in [5.41, 5.74) is 0. The smallest absolute Gasteiger partial charge is 0.186 e. The van der Waals surface area contributed by atoms with Crippen molar-refractivity contribution in [2.75, 3.05) is 13.7 Å². The second kappa shape index (κ2) is 4.34. The van der Waals surface area contributed by atoms with Gasteiger partial charge in [0, 0.05) is 13.0 Å². The van der Waals surface area contributed by atoms with Crippen molar-refractivity contribution in [3.8, 4) is 0 Å². The van der Waals surface area contributed by atoms with Crippen molar-refractivity contribution in [2.24, 2.45) is 5.92 Å². The van der Waals surface area contributed by atoms with Crippen LogP contribution >= 0.6 is 0 Å². The third-order valence-electron chi connectivity index (χ3n) is 2.48. The minimum Gasteiger partial charge on any atom is -0.394 e. The zero-order valence-corrected chi connectivity index (χ0v) is 7.75. The lowest BCUT2D eigenvalue weighted by atomic mass is 9.91. The fourth-order valence-electron chi connectivity index (χ4n) is 1.47. The third-order valence-corrected chi connectivity index (χ3v) is 2.48. The van der Waals surface area contributed by atoms with Gasteiger partial charge in [0.15, 0.2) is 6.29 Å². The first kappa shape index (κ1) is 10.9. The lowest BCUT2D eigenvalue weighted by Crippen LogP contribution is -2.55. The Morgan fingerprint density at radius 1 is 1.31 bits per heavy atom. The number of aliphatic hydroxyl groups is 3. The van der Waals surface area contributed by atoms with Crippen molar-refractivity contribution < 1.29 is 24.8 Å². The van der Waals surface area contributed by atoms with Crippen LogP contribution in [-0.2, 0) is 9.47 Å². The molecule has 1 rings (SSSR count). The molecule has 0 aromatic heterocycles. The van der Waals surface area contributed by atoms with Crippen LogP contribution in [0.5, 0.6) is 0 Å². The maximum Gasteiger partial charge on any atom is 0.186 e. The van der Waals surface area contributed by atoms with Gasteiger partial charge >= 0.3 is 0 Å². The fraction of sp³-hybridized carbons (Fsp3) is 1.00. The molecule has 0 saturated carbocycles. The van der Waals surface area contributed by atoms with Gasteiger partial charge in [-0.05, 0) is 0 Å². The van der Waals surface area contributed by atoms with Gasteiger partial charge in [-0.25, -0.2) is 0 Å². The molecule has 0 aromatic rings. The Labute approximate surface area is 76.9 Å². The van der Waals surface area contributed by atoms with Crippen LogP contribution in [0.2, 0.25) is 0 Å². The Morgan fingerprint density at radius 3 is 2.38 bits per heavy atom. The molecule has 0 spiro atoms. The highest BCUT2D eigenvalue weighted by Crippen LogP contribution is 2.25. The fourth-order valence-corrected chi connectivity index (χ4v) is 1.47. The molecule has 0 amide bonds. The summed E-state index contributed by atoms with van der Waals surface area (Å²) < 4.78 is 10.0. The predicted octanol–water partition coefficient (Wildman–Crippen LogP) is -1.29. The van der Waals surface area contributed by atoms with E-state index < -0.39 is 24.6 Å². The van der Waals surface area contributed by atoms with Gasteiger partial charge in [0.25, 0.3) is 0 Å². The first-order valence-corrected chi connectivity index (χ1v) is 4.27. The number of hydrogen-bond acceptors (Lipinski definition) is 5. The molecule has 2 unspecified atom stereocenters. The lowest BCUT2D eigenvalue weighted by molar-refractivity contribution is -0.280. The summed E-state index contributed by atoms with van der Waals surface area (Å²) in [6, 6.07) is 0. The van der Waals surface area contributed by atoms with Gasteiger partial charge in [-0.15, -0.1) is 0 Å². The van der Waals surface area contributed by atoms with Crippen LogP contribution in [0, 0.1) is 5.92 Å². The summed E-state index contributed by atoms with van der Waals surface area (Å²) in [6.45, 7) is 1.52. The third kappa shape index (κ3) is 2.00. The quantitative estimate of drug-likeness (QED) is 0.507. The van der Waals surface area contributed by atoms with Crippen LogP contribution in [0.4, 0.5) is 0 Å². The first-order valence-electron chi connectivity index (χ1n) is 4.27. The van der Waals surface area contributed by atoms with E-state index in [1.54, 1.807) is 6.92 Å². The minimum absolute atomic E-state index is 0.190. The van der Waals surface area contributed by atoms with Crippen LogP contribution < -0.4 is 0 Å². The van der Waals surface area contributed by atoms with E-state index in [4.69, 9.17) is 14.6 Å². The second-order valence-electron chi connectivity index (χ2n) is 3.30. The predicted molar refractivity (Wildman–Crippen MR) is 43.9 cm³/mol. The highest BCUT2D eigenvalue weighted by atomic mass is 16.7. The number of rotatable bonds is 2. The number of ether oxygens (including phenoxy) is 2. The Bertz CT molecular complexity index is 143. The molecule has 1 heterocycles. The molecule has 0 aromatic carbocycles. The van der Waals surface area contributed by atoms with Crippen LogP contribution in [0.3, 0.4) is 0 Å². The van der Waals surface area contributed by atoms with E-state index in [2.05, 4.69) is 0 Å². The summed E-state index contributed by atoms with van der Waals surface area (Å²) in [5, 5.41) is 27.9. The topological polar surface area (TPSA) is 79.2 Å². The molecular formula is C8H16O5. The molecule has 1 aliphatic heterocycles. The van der Waals surface area contributed by atoms with Gasteiger partial charge < -0.3 is 24.8 Å². The van der Waals surface area contributed by atoms with Crippen molar-refractivity contribution >= 4 is 0 Å². The minimum atomic E-state index is -1.05. The standard InChI is InChI=1S/C8H16O5/c1-4-5(3-9)13-8(12-2)7(11)6(4)10/h4-11H,3H2,1-2H3/t4-,5?,6?,7+,8-/m1/s1. The molecule has 1 aliphatic rings. The van der Waals surface area contributed by atoms with E-state index in [-0.39, 0.29) is 12.5 Å². The lowest BCUT2D eigenvalue weighted by Gasteiger charge is -2.40. The van der Waals surface area contributed by atoms with Crippen molar-refractivity contribution in [3.63, 3.8) is 0 Å². The maximum absolute atomic E-state index is 9.53. The Kier molecular flexibility index (Phi) is 3.63. The SMILES string of the molecule is CO[C@@H]1OC(CO)[C@@H](C)C(O)[C@@H]1O. The van der Waals surface area contributed by atoms with Crippen LogP contribution in [0.15, 0.2) is 0 Å². The van der Waals surface area contributed by atoms with Gasteiger partial charge in [0.1, 0.15) is 6.10 Å². The van der Waals surface area contributed by atoms with E-state index in [1.807, 2.05) is 0 Å². The summed E-state index contributed by atoms with van der Waals surface area (Å²) in [6.07, 6.45) is -3.31. The highest BCUT2D eigenvalue weighted by Gasteiger charge is 2.41. The molecule has 3 N–H and O–H groups in total. The van der Waals surface area contributed by atoms with E-state index in [0.717, 1.165) is 0 Å². The van der Waals surface area contributed by atoms with Crippen LogP contribution in [0.25, 0.3) is 0 Å². The number of methoxy groups -OCH3 is 1. The summed E-state index contributed by atoms with van der Waals surface area (Å²) in [5.74, 6) is -0.300. The number of hydrogen-bond donors (Lipinski definition) is 3. The Hall–Kier alpha value is -0.200. The summed E-state index contributed by atoms with van der Waals surface area (Å²) in [7, 11) is 1.38. The van der Waals surface area contributed by atoms with E-state index >= 15 is 0 Å². The zero-order valence-electron chi connectivity index (χ0n) is 7.75. The van der Waals surface area contributed by atoms with Gasteiger partial charge in [-0.1, -0.05) is 6.92 Å². The van der Waals surface area contributed by atoms with Crippen LogP contribution in [-0.4, -0.2) is 53.6 Å². The number of aliphatic hydroxyl groups excluding tert-OH is 3. The molecule has 78 valence electrons. The maximum atomic E-state index is 9.53. The molecule has 1 saturated heterocycles. The van der Waals surface area contributed by atoms with Crippen molar-refractivity contribution in [3.05, 3.63) is 0 Å². The molecule has 0 aliphatic carbocycles. The first-order chi connectivity index (χ1) is 6.11. The summed E-state index contributed by atoms with van der Waals surface area (Å²) >= 11 is 0. The van der Waals surface area contributed by atoms with Crippen molar-refractivity contribution in [1.82, 2.24) is 0 Å². The average Bonchev–Trinajstić information content (AvgIpc) is 2.15. The van der Waals surface area contributed by atoms with Gasteiger partial charge in [-0.3, -0.25) is 0 Å². The summed E-state index contributed by atoms with van der Waals surface area (Å²) in [4.78, 5) is 0. The zero-order chi connectivity index (χ0) is 10.0. The normalized spacial score (nSPS) is 46.4. The molecule has 5 heteroatoms. The molecule has 0 radical (unpaired) electrons. The van der Waals surface area contributed by atoms with Gasteiger partial charge in [0.05, 0.1) is 18.8 Å². The average molecular weight is 192 g/mol. The van der Waals surface area contributed by atoms with Crippen molar-refractivity contribution in [1.29, 1.82) is 0 Å². The molecule has 0 bridgehead atoms. The molecule has 13 heavy (non-hydrogen) atoms. The molecular weight excluding hydrogens is 176 g/mol. The van der Waals surface area contributed by atoms with E-state index in [9.17, 15) is 10.2 Å². The molecule has 1 fully saturated rings. The Balaban J connectivity index is 2.66. The molecule has 5 atom stereocenters. The monoisotopic (exact) mass is 192 g/mol. The Morgan fingerprint density at radius 2 is 1.92 bits per heavy atom. The van der Waals surface area contributed by atoms with E-state index in [1.165, 1.54) is 7.11 Å². The van der Waals surface area contributed by atoms with Crippen LogP contribution in [0.1, 0.15) is 6.92 Å². The van der Waals surface area contributed by atoms with E-state index in [0.29, 0.717) is 0 Å². The van der Waals surface area contributed by atoms with Crippen molar-refractivity contribution in [2.45, 2.75) is 31.5 Å². The largest absolute Gasteiger partial charge is 0.394 e.